The molecule has 0 aromatic heterocycles. The van der Waals surface area contributed by atoms with E-state index in [1.54, 1.807) is 13.8 Å². The Balaban J connectivity index is 2.29. The van der Waals surface area contributed by atoms with Crippen LogP contribution in [0.1, 0.15) is 87.0 Å². The molecule has 72 heavy (non-hydrogen) atoms. The molecule has 1 saturated heterocycles. The minimum absolute atomic E-state index is 0.0565. The summed E-state index contributed by atoms with van der Waals surface area (Å²) < 4.78 is 5.23. The third-order valence-electron chi connectivity index (χ3n) is 10.8. The summed E-state index contributed by atoms with van der Waals surface area (Å²) in [5.41, 5.74) is 2.16. The van der Waals surface area contributed by atoms with E-state index in [1.807, 2.05) is 0 Å². The lowest BCUT2D eigenvalue weighted by molar-refractivity contribution is -0.384. The molecule has 1 fully saturated rings. The standard InChI is InChI=1S/C43H62N10O19/c1-8-52(43(69)72-25-13-11-24(12-14-25)53(70)71)50-39(65)29-10-9-17-51(29)42(68)34(21(4)5)48-40(66)33(20(2)3)47-38(64)28(19-32(60)61)46-36(62)26(15-16-30(56)57)45-41(67)35(22(6)54)49-37(63)27(18-31(58)59)44-23(7)55/h11-14,20-22,26-29,33-35,54H,8-10,15-19H2,1-7H3,(H,44,55)(H,45,67)(H,46,62)(H,47,64)(H,48,66)(H,49,63)(H,50,65)(H,56,57)(H,58,59)(H,60,61)/t22-,26+,27+,28+,29+,33+,34+,35+/m1/s1. The largest absolute Gasteiger partial charge is 0.481 e. The van der Waals surface area contributed by atoms with Crippen molar-refractivity contribution < 1.29 is 87.6 Å². The SMILES string of the molecule is CCN(NC(=O)[C@@H]1CCCN1C(=O)[C@@H](NC(=O)[C@@H](NC(=O)[C@H](CC(=O)O)NC(=O)[C@H](CCC(=O)O)NC(=O)[C@@H](NC(=O)[C@H](CC(=O)O)NC(C)=O)[C@@H](C)O)C(C)C)C(C)C)C(=O)Oc1ccc([N+](=O)[O-])cc1. The van der Waals surface area contributed by atoms with E-state index in [1.165, 1.54) is 37.8 Å². The van der Waals surface area contributed by atoms with Crippen LogP contribution in [-0.4, -0.2) is 168 Å². The van der Waals surface area contributed by atoms with Gasteiger partial charge < -0.3 is 62.0 Å². The number of hydrogen-bond donors (Lipinski definition) is 11. The van der Waals surface area contributed by atoms with E-state index in [2.05, 4.69) is 37.3 Å². The van der Waals surface area contributed by atoms with Gasteiger partial charge in [0.2, 0.25) is 41.4 Å². The van der Waals surface area contributed by atoms with Crippen molar-refractivity contribution in [3.8, 4) is 5.75 Å². The summed E-state index contributed by atoms with van der Waals surface area (Å²) in [4.78, 5) is 166. The predicted molar refractivity (Wildman–Crippen MR) is 244 cm³/mol. The van der Waals surface area contributed by atoms with Crippen LogP contribution in [0, 0.1) is 22.0 Å². The fourth-order valence-electron chi connectivity index (χ4n) is 7.02. The lowest BCUT2D eigenvalue weighted by atomic mass is 9.98. The second-order valence-corrected chi connectivity index (χ2v) is 17.2. The average molecular weight is 1020 g/mol. The molecular weight excluding hydrogens is 961 g/mol. The fourth-order valence-corrected chi connectivity index (χ4v) is 7.02. The normalized spacial score (nSPS) is 16.0. The number of aliphatic hydroxyl groups is 1. The molecule has 1 heterocycles. The molecule has 1 aliphatic heterocycles. The highest BCUT2D eigenvalue weighted by atomic mass is 16.6. The number of hydrogen-bond acceptors (Lipinski definition) is 16. The van der Waals surface area contributed by atoms with Crippen LogP contribution >= 0.6 is 0 Å². The summed E-state index contributed by atoms with van der Waals surface area (Å²) in [6, 6.07) is -6.94. The Bertz CT molecular complexity index is 2190. The molecule has 0 unspecified atom stereocenters. The van der Waals surface area contributed by atoms with E-state index in [0.717, 1.165) is 31.0 Å². The first kappa shape index (κ1) is 60.1. The van der Waals surface area contributed by atoms with Crippen LogP contribution < -0.4 is 42.1 Å². The molecule has 29 nitrogen and oxygen atoms in total. The highest BCUT2D eigenvalue weighted by molar-refractivity contribution is 5.99. The molecular formula is C43H62N10O19. The van der Waals surface area contributed by atoms with Crippen LogP contribution in [-0.2, 0) is 52.7 Å². The maximum absolute atomic E-state index is 14.1. The Labute approximate surface area is 411 Å². The first-order chi connectivity index (χ1) is 33.6. The van der Waals surface area contributed by atoms with Crippen LogP contribution in [0.5, 0.6) is 5.75 Å². The number of carboxylic acids is 3. The van der Waals surface area contributed by atoms with Gasteiger partial charge in [-0.25, -0.2) is 9.80 Å². The first-order valence-corrected chi connectivity index (χ1v) is 22.5. The number of nitrogens with one attached hydrogen (secondary N) is 7. The van der Waals surface area contributed by atoms with Crippen molar-refractivity contribution in [2.24, 2.45) is 11.8 Å². The second kappa shape index (κ2) is 28.0. The minimum atomic E-state index is -2.00. The summed E-state index contributed by atoms with van der Waals surface area (Å²) in [5, 5.41) is 63.7. The third-order valence-corrected chi connectivity index (χ3v) is 10.8. The monoisotopic (exact) mass is 1020 g/mol. The molecule has 11 N–H and O–H groups in total. The molecule has 0 spiro atoms. The predicted octanol–water partition coefficient (Wildman–Crippen LogP) is -2.13. The van der Waals surface area contributed by atoms with Crippen LogP contribution in [0.25, 0.3) is 0 Å². The van der Waals surface area contributed by atoms with E-state index in [-0.39, 0.29) is 30.9 Å². The lowest BCUT2D eigenvalue weighted by Crippen LogP contribution is -2.62. The van der Waals surface area contributed by atoms with Crippen molar-refractivity contribution in [3.63, 3.8) is 0 Å². The molecule has 0 aliphatic carbocycles. The van der Waals surface area contributed by atoms with Crippen molar-refractivity contribution in [3.05, 3.63) is 34.4 Å². The fraction of sp³-hybridized carbons (Fsp3) is 0.581. The van der Waals surface area contributed by atoms with Gasteiger partial charge in [-0.2, -0.15) is 0 Å². The zero-order chi connectivity index (χ0) is 54.7. The number of carboxylic acid groups (broad SMARTS) is 3. The van der Waals surface area contributed by atoms with Gasteiger partial charge >= 0.3 is 24.0 Å². The molecule has 0 radical (unpaired) electrons. The number of amides is 9. The number of nitro benzene ring substituents is 1. The maximum atomic E-state index is 14.1. The average Bonchev–Trinajstić information content (AvgIpc) is 3.78. The van der Waals surface area contributed by atoms with E-state index in [0.29, 0.717) is 6.42 Å². The number of rotatable bonds is 26. The number of ether oxygens (including phenoxy) is 1. The van der Waals surface area contributed by atoms with Crippen molar-refractivity contribution in [2.45, 2.75) is 135 Å². The van der Waals surface area contributed by atoms with Crippen molar-refractivity contribution in [1.29, 1.82) is 0 Å². The summed E-state index contributed by atoms with van der Waals surface area (Å²) in [5.74, 6) is -14.5. The Hall–Kier alpha value is -7.98. The molecule has 0 bridgehead atoms. The summed E-state index contributed by atoms with van der Waals surface area (Å²) in [7, 11) is 0. The van der Waals surface area contributed by atoms with Crippen LogP contribution in [0.4, 0.5) is 10.5 Å². The van der Waals surface area contributed by atoms with Crippen molar-refractivity contribution >= 4 is 76.9 Å². The van der Waals surface area contributed by atoms with Gasteiger partial charge in [0.25, 0.3) is 11.6 Å². The maximum Gasteiger partial charge on any atom is 0.434 e. The molecule has 29 heteroatoms. The van der Waals surface area contributed by atoms with Gasteiger partial charge in [0.15, 0.2) is 0 Å². The third kappa shape index (κ3) is 18.7. The Morgan fingerprint density at radius 1 is 0.708 bits per heavy atom. The summed E-state index contributed by atoms with van der Waals surface area (Å²) in [6.07, 6.45) is -5.85. The van der Waals surface area contributed by atoms with Crippen molar-refractivity contribution in [1.82, 2.24) is 47.2 Å². The number of nitro groups is 1. The van der Waals surface area contributed by atoms with Crippen LogP contribution in [0.15, 0.2) is 24.3 Å². The Kier molecular flexibility index (Phi) is 23.4. The van der Waals surface area contributed by atoms with Gasteiger partial charge in [0, 0.05) is 38.6 Å². The van der Waals surface area contributed by atoms with Gasteiger partial charge in [-0.05, 0) is 57.1 Å². The number of carbonyl (C=O) groups excluding carboxylic acids is 9. The van der Waals surface area contributed by atoms with E-state index < -0.39 is 162 Å². The van der Waals surface area contributed by atoms with Crippen LogP contribution in [0.2, 0.25) is 0 Å². The lowest BCUT2D eigenvalue weighted by Gasteiger charge is -2.33. The molecule has 1 aliphatic rings. The number of hydrazine groups is 1. The highest BCUT2D eigenvalue weighted by Gasteiger charge is 2.41. The van der Waals surface area contributed by atoms with Gasteiger partial charge in [-0.3, -0.25) is 68.3 Å². The van der Waals surface area contributed by atoms with Gasteiger partial charge in [0.1, 0.15) is 48.0 Å². The summed E-state index contributed by atoms with van der Waals surface area (Å²) >= 11 is 0. The molecule has 1 aromatic carbocycles. The molecule has 2 rings (SSSR count). The number of aliphatic carboxylic acids is 3. The molecule has 398 valence electrons. The quantitative estimate of drug-likeness (QED) is 0.0349. The van der Waals surface area contributed by atoms with E-state index >= 15 is 0 Å². The van der Waals surface area contributed by atoms with E-state index in [9.17, 15) is 88.1 Å². The highest BCUT2D eigenvalue weighted by Crippen LogP contribution is 2.22. The van der Waals surface area contributed by atoms with Crippen molar-refractivity contribution in [2.75, 3.05) is 13.1 Å². The van der Waals surface area contributed by atoms with E-state index in [4.69, 9.17) is 4.74 Å². The smallest absolute Gasteiger partial charge is 0.434 e. The van der Waals surface area contributed by atoms with Gasteiger partial charge in [-0.15, -0.1) is 0 Å². The molecule has 9 amide bonds. The number of aliphatic hydroxyl groups excluding tert-OH is 1. The zero-order valence-corrected chi connectivity index (χ0v) is 40.5. The molecule has 0 saturated carbocycles. The number of nitrogens with zero attached hydrogens (tertiary/aromatic N) is 3. The topological polar surface area (TPSA) is 429 Å². The van der Waals surface area contributed by atoms with Crippen LogP contribution in [0.3, 0.4) is 0 Å². The number of non-ortho nitro benzene ring substituents is 1. The summed E-state index contributed by atoms with van der Waals surface area (Å²) in [6.45, 7) is 9.63. The number of carbonyl (C=O) groups is 12. The molecule has 8 atom stereocenters. The second-order valence-electron chi connectivity index (χ2n) is 17.2. The minimum Gasteiger partial charge on any atom is -0.481 e. The zero-order valence-electron chi connectivity index (χ0n) is 40.5. The Morgan fingerprint density at radius 2 is 1.19 bits per heavy atom. The number of benzene rings is 1. The first-order valence-electron chi connectivity index (χ1n) is 22.5. The van der Waals surface area contributed by atoms with Gasteiger partial charge in [-0.1, -0.05) is 27.7 Å². The molecule has 1 aromatic rings. The number of likely N-dealkylation sites (tertiary alicyclic amines) is 1. The van der Waals surface area contributed by atoms with Gasteiger partial charge in [0.05, 0.1) is 23.9 Å². The Morgan fingerprint density at radius 3 is 1.67 bits per heavy atom.